The minimum atomic E-state index is 0.257. The molecule has 0 spiro atoms. The smallest absolute Gasteiger partial charge is 0.132 e. The Labute approximate surface area is 149 Å². The van der Waals surface area contributed by atoms with Crippen molar-refractivity contribution in [2.24, 2.45) is 0 Å². The summed E-state index contributed by atoms with van der Waals surface area (Å²) in [6.45, 7) is 4.03. The molecule has 2 aromatic rings. The van der Waals surface area contributed by atoms with Gasteiger partial charge in [0.25, 0.3) is 0 Å². The summed E-state index contributed by atoms with van der Waals surface area (Å²) < 4.78 is 11.2. The maximum absolute atomic E-state index is 5.60. The Morgan fingerprint density at radius 1 is 1.08 bits per heavy atom. The summed E-state index contributed by atoms with van der Waals surface area (Å²) in [6, 6.07) is 17.3. The zero-order valence-electron chi connectivity index (χ0n) is 14.6. The molecule has 2 aromatic carbocycles. The summed E-state index contributed by atoms with van der Waals surface area (Å²) in [4.78, 5) is 1.23. The van der Waals surface area contributed by atoms with E-state index < -0.39 is 0 Å². The number of hydrogen-bond acceptors (Lipinski definition) is 3. The van der Waals surface area contributed by atoms with Gasteiger partial charge in [-0.3, -0.25) is 0 Å². The predicted octanol–water partition coefficient (Wildman–Crippen LogP) is 5.45. The normalized spacial score (nSPS) is 16.8. The monoisotopic (exact) mass is 342 g/mol. The molecule has 0 aliphatic carbocycles. The number of rotatable bonds is 6. The molecule has 3 heteroatoms. The van der Waals surface area contributed by atoms with Crippen molar-refractivity contribution in [2.45, 2.75) is 42.2 Å². The first-order valence-corrected chi connectivity index (χ1v) is 9.69. The van der Waals surface area contributed by atoms with Crippen molar-refractivity contribution in [2.75, 3.05) is 20.3 Å². The van der Waals surface area contributed by atoms with E-state index in [0.717, 1.165) is 44.0 Å². The van der Waals surface area contributed by atoms with Gasteiger partial charge < -0.3 is 9.47 Å². The number of benzene rings is 2. The first-order valence-electron chi connectivity index (χ1n) is 8.70. The molecular weight excluding hydrogens is 316 g/mol. The van der Waals surface area contributed by atoms with Crippen molar-refractivity contribution in [1.29, 1.82) is 0 Å². The molecule has 2 nitrogen and oxygen atoms in total. The molecule has 0 atom stereocenters. The van der Waals surface area contributed by atoms with Gasteiger partial charge in [-0.1, -0.05) is 43.3 Å². The highest BCUT2D eigenvalue weighted by Gasteiger charge is 2.33. The molecule has 0 N–H and O–H groups in total. The number of ether oxygens (including phenoxy) is 2. The Hall–Kier alpha value is -1.45. The Bertz CT molecular complexity index is 648. The van der Waals surface area contributed by atoms with Crippen LogP contribution in [0.5, 0.6) is 5.75 Å². The van der Waals surface area contributed by atoms with Crippen LogP contribution >= 0.6 is 11.8 Å². The van der Waals surface area contributed by atoms with Gasteiger partial charge in [0.15, 0.2) is 0 Å². The van der Waals surface area contributed by atoms with Gasteiger partial charge in [-0.05, 0) is 47.9 Å². The van der Waals surface area contributed by atoms with Crippen molar-refractivity contribution in [3.8, 4) is 5.75 Å². The van der Waals surface area contributed by atoms with Crippen LogP contribution < -0.4 is 4.74 Å². The van der Waals surface area contributed by atoms with Gasteiger partial charge in [-0.25, -0.2) is 0 Å². The van der Waals surface area contributed by atoms with E-state index in [1.165, 1.54) is 16.0 Å². The zero-order valence-corrected chi connectivity index (χ0v) is 15.4. The predicted molar refractivity (Wildman–Crippen MR) is 101 cm³/mol. The molecule has 3 rings (SSSR count). The summed E-state index contributed by atoms with van der Waals surface area (Å²) in [5, 5.41) is 0. The van der Waals surface area contributed by atoms with Crippen molar-refractivity contribution in [1.82, 2.24) is 0 Å². The SMILES string of the molecule is CCC1(c2ccc(OC)c(SCc3ccccc3)c2)CCOCC1. The van der Waals surface area contributed by atoms with Gasteiger partial charge in [0, 0.05) is 23.9 Å². The van der Waals surface area contributed by atoms with Gasteiger partial charge in [0.2, 0.25) is 0 Å². The quantitative estimate of drug-likeness (QED) is 0.651. The topological polar surface area (TPSA) is 18.5 Å². The Morgan fingerprint density at radius 2 is 1.83 bits per heavy atom. The number of hydrogen-bond donors (Lipinski definition) is 0. The molecular formula is C21H26O2S. The highest BCUT2D eigenvalue weighted by atomic mass is 32.2. The van der Waals surface area contributed by atoms with Crippen LogP contribution in [0.3, 0.4) is 0 Å². The second-order valence-corrected chi connectivity index (χ2v) is 7.40. The van der Waals surface area contributed by atoms with E-state index in [1.54, 1.807) is 7.11 Å². The molecule has 0 bridgehead atoms. The van der Waals surface area contributed by atoms with Crippen LogP contribution in [-0.2, 0) is 15.9 Å². The van der Waals surface area contributed by atoms with Crippen LogP contribution in [-0.4, -0.2) is 20.3 Å². The molecule has 1 fully saturated rings. The fourth-order valence-corrected chi connectivity index (χ4v) is 4.48. The lowest BCUT2D eigenvalue weighted by Crippen LogP contribution is -2.33. The summed E-state index contributed by atoms with van der Waals surface area (Å²) >= 11 is 1.86. The van der Waals surface area contributed by atoms with Crippen molar-refractivity contribution in [3.63, 3.8) is 0 Å². The highest BCUT2D eigenvalue weighted by Crippen LogP contribution is 2.41. The molecule has 1 saturated heterocycles. The molecule has 0 radical (unpaired) electrons. The third-order valence-corrected chi connectivity index (χ3v) is 6.25. The fourth-order valence-electron chi connectivity index (χ4n) is 3.46. The molecule has 0 amide bonds. The maximum atomic E-state index is 5.60. The van der Waals surface area contributed by atoms with E-state index in [0.29, 0.717) is 0 Å². The second-order valence-electron chi connectivity index (χ2n) is 6.39. The van der Waals surface area contributed by atoms with Gasteiger partial charge >= 0.3 is 0 Å². The molecule has 24 heavy (non-hydrogen) atoms. The first kappa shape index (κ1) is 17.4. The highest BCUT2D eigenvalue weighted by molar-refractivity contribution is 7.98. The zero-order chi connectivity index (χ0) is 16.8. The molecule has 1 heterocycles. The average molecular weight is 343 g/mol. The van der Waals surface area contributed by atoms with Crippen LogP contribution in [0.2, 0.25) is 0 Å². The lowest BCUT2D eigenvalue weighted by molar-refractivity contribution is 0.0485. The Morgan fingerprint density at radius 3 is 2.50 bits per heavy atom. The summed E-state index contributed by atoms with van der Waals surface area (Å²) in [6.07, 6.45) is 3.38. The van der Waals surface area contributed by atoms with Gasteiger partial charge in [-0.15, -0.1) is 11.8 Å². The van der Waals surface area contributed by atoms with Crippen LogP contribution in [0.15, 0.2) is 53.4 Å². The number of methoxy groups -OCH3 is 1. The largest absolute Gasteiger partial charge is 0.496 e. The van der Waals surface area contributed by atoms with E-state index in [9.17, 15) is 0 Å². The van der Waals surface area contributed by atoms with E-state index in [-0.39, 0.29) is 5.41 Å². The van der Waals surface area contributed by atoms with Crippen LogP contribution in [0.25, 0.3) is 0 Å². The lowest BCUT2D eigenvalue weighted by atomic mass is 9.72. The number of thioether (sulfide) groups is 1. The van der Waals surface area contributed by atoms with Crippen LogP contribution in [0, 0.1) is 0 Å². The van der Waals surface area contributed by atoms with Crippen LogP contribution in [0.4, 0.5) is 0 Å². The third kappa shape index (κ3) is 3.79. The van der Waals surface area contributed by atoms with Crippen molar-refractivity contribution >= 4 is 11.8 Å². The molecule has 128 valence electrons. The van der Waals surface area contributed by atoms with Gasteiger partial charge in [0.05, 0.1) is 7.11 Å². The molecule has 1 aliphatic rings. The molecule has 0 unspecified atom stereocenters. The Kier molecular flexibility index (Phi) is 5.85. The van der Waals surface area contributed by atoms with Crippen molar-refractivity contribution in [3.05, 3.63) is 59.7 Å². The maximum Gasteiger partial charge on any atom is 0.132 e. The van der Waals surface area contributed by atoms with Crippen LogP contribution in [0.1, 0.15) is 37.3 Å². The lowest BCUT2D eigenvalue weighted by Gasteiger charge is -2.37. The summed E-state index contributed by atoms with van der Waals surface area (Å²) in [5.74, 6) is 1.93. The summed E-state index contributed by atoms with van der Waals surface area (Å²) in [7, 11) is 1.76. The molecule has 0 aromatic heterocycles. The third-order valence-electron chi connectivity index (χ3n) is 5.14. The Balaban J connectivity index is 1.84. The minimum absolute atomic E-state index is 0.257. The van der Waals surface area contributed by atoms with Gasteiger partial charge in [0.1, 0.15) is 5.75 Å². The van der Waals surface area contributed by atoms with E-state index in [1.807, 2.05) is 11.8 Å². The fraction of sp³-hybridized carbons (Fsp3) is 0.429. The van der Waals surface area contributed by atoms with E-state index in [4.69, 9.17) is 9.47 Å². The van der Waals surface area contributed by atoms with Crippen molar-refractivity contribution < 1.29 is 9.47 Å². The average Bonchev–Trinajstić information content (AvgIpc) is 2.67. The van der Waals surface area contributed by atoms with E-state index >= 15 is 0 Å². The van der Waals surface area contributed by atoms with E-state index in [2.05, 4.69) is 55.5 Å². The minimum Gasteiger partial charge on any atom is -0.496 e. The standard InChI is InChI=1S/C21H26O2S/c1-3-21(11-13-23-14-12-21)18-9-10-19(22-2)20(15-18)24-16-17-7-5-4-6-8-17/h4-10,15H,3,11-14,16H2,1-2H3. The summed E-state index contributed by atoms with van der Waals surface area (Å²) in [5.41, 5.74) is 3.03. The first-order chi connectivity index (χ1) is 11.8. The molecule has 1 aliphatic heterocycles. The molecule has 0 saturated carbocycles. The van der Waals surface area contributed by atoms with Gasteiger partial charge in [-0.2, -0.15) is 0 Å². The second kappa shape index (κ2) is 8.09.